The molecule has 24 heavy (non-hydrogen) atoms. The summed E-state index contributed by atoms with van der Waals surface area (Å²) in [7, 11) is 0. The average molecular weight is 332 g/mol. The molecule has 1 aromatic rings. The molecule has 1 fully saturated rings. The van der Waals surface area contributed by atoms with Gasteiger partial charge in [-0.25, -0.2) is 0 Å². The second kappa shape index (κ2) is 6.96. The van der Waals surface area contributed by atoms with Gasteiger partial charge in [0.15, 0.2) is 0 Å². The van der Waals surface area contributed by atoms with Crippen LogP contribution < -0.4 is 0 Å². The van der Waals surface area contributed by atoms with Crippen LogP contribution in [-0.4, -0.2) is 24.1 Å². The first kappa shape index (κ1) is 18.5. The number of carbonyl (C=O) groups excluding carboxylic acids is 2. The highest BCUT2D eigenvalue weighted by Gasteiger charge is 2.51. The molecule has 0 aromatic heterocycles. The summed E-state index contributed by atoms with van der Waals surface area (Å²) < 4.78 is 11.6. The Morgan fingerprint density at radius 2 is 1.42 bits per heavy atom. The van der Waals surface area contributed by atoms with Crippen LogP contribution in [0, 0.1) is 18.8 Å². The Hall–Kier alpha value is -1.84. The molecule has 4 nitrogen and oxygen atoms in total. The van der Waals surface area contributed by atoms with E-state index in [-0.39, 0.29) is 30.5 Å². The van der Waals surface area contributed by atoms with Crippen molar-refractivity contribution in [2.75, 3.05) is 0 Å². The lowest BCUT2D eigenvalue weighted by atomic mass is 9.65. The van der Waals surface area contributed by atoms with Gasteiger partial charge in [0, 0.05) is 0 Å². The lowest BCUT2D eigenvalue weighted by Gasteiger charge is -2.47. The van der Waals surface area contributed by atoms with Gasteiger partial charge in [-0.05, 0) is 36.8 Å². The van der Waals surface area contributed by atoms with Gasteiger partial charge in [-0.3, -0.25) is 9.59 Å². The van der Waals surface area contributed by atoms with Crippen LogP contribution in [-0.2, 0) is 24.5 Å². The van der Waals surface area contributed by atoms with Crippen molar-refractivity contribution in [3.63, 3.8) is 0 Å². The van der Waals surface area contributed by atoms with Crippen molar-refractivity contribution in [2.45, 2.75) is 65.6 Å². The molecule has 0 bridgehead atoms. The second-order valence-electron chi connectivity index (χ2n) is 7.58. The van der Waals surface area contributed by atoms with Gasteiger partial charge in [-0.1, -0.05) is 52.0 Å². The Bertz CT molecular complexity index is 590. The number of carbonyl (C=O) groups is 2. The van der Waals surface area contributed by atoms with E-state index in [1.54, 1.807) is 0 Å². The zero-order valence-corrected chi connectivity index (χ0v) is 15.5. The smallest absolute Gasteiger partial charge is 0.317 e. The van der Waals surface area contributed by atoms with E-state index in [0.717, 1.165) is 11.1 Å². The predicted molar refractivity (Wildman–Crippen MR) is 92.6 cm³/mol. The third-order valence-corrected chi connectivity index (χ3v) is 4.92. The van der Waals surface area contributed by atoms with Crippen LogP contribution in [0.4, 0.5) is 0 Å². The number of hydrogen-bond acceptors (Lipinski definition) is 4. The largest absolute Gasteiger partial charge is 0.461 e. The fourth-order valence-corrected chi connectivity index (χ4v) is 4.03. The summed E-state index contributed by atoms with van der Waals surface area (Å²) >= 11 is 0. The van der Waals surface area contributed by atoms with Gasteiger partial charge in [0.25, 0.3) is 0 Å². The third kappa shape index (κ3) is 3.33. The van der Waals surface area contributed by atoms with Crippen molar-refractivity contribution >= 4 is 11.9 Å². The van der Waals surface area contributed by atoms with E-state index in [1.165, 1.54) is 0 Å². The quantitative estimate of drug-likeness (QED) is 0.624. The Morgan fingerprint density at radius 1 is 0.958 bits per heavy atom. The Morgan fingerprint density at radius 3 is 1.83 bits per heavy atom. The molecule has 1 saturated heterocycles. The van der Waals surface area contributed by atoms with Gasteiger partial charge in [0.1, 0.15) is 18.6 Å². The summed E-state index contributed by atoms with van der Waals surface area (Å²) in [6, 6.07) is 8.05. The minimum atomic E-state index is -0.612. The highest BCUT2D eigenvalue weighted by molar-refractivity contribution is 5.91. The van der Waals surface area contributed by atoms with Gasteiger partial charge >= 0.3 is 11.9 Å². The van der Waals surface area contributed by atoms with Gasteiger partial charge < -0.3 is 9.47 Å². The van der Waals surface area contributed by atoms with Gasteiger partial charge in [-0.15, -0.1) is 0 Å². The van der Waals surface area contributed by atoms with E-state index in [4.69, 9.17) is 9.47 Å². The Balaban J connectivity index is 2.69. The molecule has 0 spiro atoms. The molecule has 0 amide bonds. The molecule has 1 aliphatic rings. The van der Waals surface area contributed by atoms with Gasteiger partial charge in [0.05, 0.1) is 5.41 Å². The first-order valence-corrected chi connectivity index (χ1v) is 8.63. The Labute approximate surface area is 144 Å². The monoisotopic (exact) mass is 332 g/mol. The molecule has 0 N–H and O–H groups in total. The first-order chi connectivity index (χ1) is 11.2. The van der Waals surface area contributed by atoms with Crippen molar-refractivity contribution in [3.05, 3.63) is 35.4 Å². The highest BCUT2D eigenvalue weighted by Crippen LogP contribution is 2.43. The van der Waals surface area contributed by atoms with Crippen molar-refractivity contribution in [3.8, 4) is 0 Å². The minimum absolute atomic E-state index is 0.0941. The summed E-state index contributed by atoms with van der Waals surface area (Å²) in [6.45, 7) is 12.2. The number of cyclic esters (lactones) is 2. The maximum Gasteiger partial charge on any atom is 0.317 e. The normalized spacial score (nSPS) is 28.3. The molecule has 132 valence electrons. The van der Waals surface area contributed by atoms with E-state index in [0.29, 0.717) is 0 Å². The molecule has 2 rings (SSSR count). The van der Waals surface area contributed by atoms with Crippen molar-refractivity contribution in [2.24, 2.45) is 11.8 Å². The molecule has 2 atom stereocenters. The molecular formula is C20H28O4. The number of aryl methyl sites for hydroxylation is 1. The minimum Gasteiger partial charge on any atom is -0.461 e. The summed E-state index contributed by atoms with van der Waals surface area (Å²) in [5.41, 5.74) is 1.55. The number of rotatable bonds is 3. The standard InChI is InChI=1S/C20H28O4/c1-12(2)18-20(6,15-10-8-7-9-14(15)5)19(13(3)4)24-17(22)11-16(21)23-18/h7-10,12-13,18-19H,11H2,1-6H3. The maximum absolute atomic E-state index is 12.1. The van der Waals surface area contributed by atoms with E-state index in [1.807, 2.05) is 58.9 Å². The van der Waals surface area contributed by atoms with E-state index < -0.39 is 17.4 Å². The third-order valence-electron chi connectivity index (χ3n) is 4.92. The first-order valence-electron chi connectivity index (χ1n) is 8.63. The zero-order valence-electron chi connectivity index (χ0n) is 15.5. The molecule has 1 heterocycles. The molecule has 0 radical (unpaired) electrons. The van der Waals surface area contributed by atoms with Crippen LogP contribution in [0.2, 0.25) is 0 Å². The van der Waals surface area contributed by atoms with Crippen LogP contribution in [0.3, 0.4) is 0 Å². The Kier molecular flexibility index (Phi) is 5.36. The average Bonchev–Trinajstić information content (AvgIpc) is 2.48. The maximum atomic E-state index is 12.1. The number of ether oxygens (including phenoxy) is 2. The zero-order chi connectivity index (χ0) is 18.1. The molecule has 4 heteroatoms. The molecule has 0 aliphatic carbocycles. The van der Waals surface area contributed by atoms with Gasteiger partial charge in [0.2, 0.25) is 0 Å². The van der Waals surface area contributed by atoms with Crippen molar-refractivity contribution in [1.82, 2.24) is 0 Å². The van der Waals surface area contributed by atoms with Crippen molar-refractivity contribution in [1.29, 1.82) is 0 Å². The van der Waals surface area contributed by atoms with Crippen LogP contribution in [0.25, 0.3) is 0 Å². The fourth-order valence-electron chi connectivity index (χ4n) is 4.03. The summed E-state index contributed by atoms with van der Waals surface area (Å²) in [5, 5.41) is 0. The predicted octanol–water partition coefficient (Wildman–Crippen LogP) is 3.79. The number of esters is 2. The molecular weight excluding hydrogens is 304 g/mol. The number of hydrogen-bond donors (Lipinski definition) is 0. The molecule has 1 aliphatic heterocycles. The molecule has 0 saturated carbocycles. The summed E-state index contributed by atoms with van der Waals surface area (Å²) in [6.07, 6.45) is -1.06. The SMILES string of the molecule is Cc1ccccc1C1(C)C(C(C)C)OC(=O)CC(=O)OC1C(C)C. The van der Waals surface area contributed by atoms with Crippen LogP contribution in [0.15, 0.2) is 24.3 Å². The van der Waals surface area contributed by atoms with Gasteiger partial charge in [-0.2, -0.15) is 0 Å². The van der Waals surface area contributed by atoms with Crippen LogP contribution >= 0.6 is 0 Å². The second-order valence-corrected chi connectivity index (χ2v) is 7.58. The molecule has 1 aromatic carbocycles. The lowest BCUT2D eigenvalue weighted by Crippen LogP contribution is -2.56. The van der Waals surface area contributed by atoms with Crippen LogP contribution in [0.1, 0.15) is 52.2 Å². The topological polar surface area (TPSA) is 52.6 Å². The summed E-state index contributed by atoms with van der Waals surface area (Å²) in [5.74, 6) is -0.838. The van der Waals surface area contributed by atoms with E-state index in [2.05, 4.69) is 6.92 Å². The molecule has 2 unspecified atom stereocenters. The fraction of sp³-hybridized carbons (Fsp3) is 0.600. The lowest BCUT2D eigenvalue weighted by molar-refractivity contribution is -0.184. The van der Waals surface area contributed by atoms with Crippen LogP contribution in [0.5, 0.6) is 0 Å². The summed E-state index contributed by atoms with van der Waals surface area (Å²) in [4.78, 5) is 24.2. The number of benzene rings is 1. The van der Waals surface area contributed by atoms with E-state index in [9.17, 15) is 9.59 Å². The highest BCUT2D eigenvalue weighted by atomic mass is 16.6. The van der Waals surface area contributed by atoms with Crippen molar-refractivity contribution < 1.29 is 19.1 Å². The van der Waals surface area contributed by atoms with E-state index >= 15 is 0 Å².